The van der Waals surface area contributed by atoms with Crippen molar-refractivity contribution in [2.24, 2.45) is 0 Å². The van der Waals surface area contributed by atoms with E-state index in [2.05, 4.69) is 5.32 Å². The van der Waals surface area contributed by atoms with E-state index in [0.717, 1.165) is 28.6 Å². The number of rotatable bonds is 4. The third kappa shape index (κ3) is 4.55. The van der Waals surface area contributed by atoms with E-state index in [0.29, 0.717) is 6.07 Å². The van der Waals surface area contributed by atoms with Crippen molar-refractivity contribution in [3.8, 4) is 0 Å². The molecule has 0 unspecified atom stereocenters. The molecule has 2 aromatic rings. The smallest absolute Gasteiger partial charge is 0.258 e. The minimum absolute atomic E-state index is 0.0930. The number of hydrogen-bond acceptors (Lipinski definition) is 4. The Labute approximate surface area is 169 Å². The maximum atomic E-state index is 14.2. The maximum Gasteiger partial charge on any atom is 0.258 e. The summed E-state index contributed by atoms with van der Waals surface area (Å²) in [5, 5.41) is 11.1. The van der Waals surface area contributed by atoms with Gasteiger partial charge >= 0.3 is 0 Å². The molecular formula is C18H16ClF3N2O4S. The van der Waals surface area contributed by atoms with Gasteiger partial charge in [0, 0.05) is 24.8 Å². The van der Waals surface area contributed by atoms with Crippen LogP contribution >= 0.6 is 11.6 Å². The van der Waals surface area contributed by atoms with Crippen molar-refractivity contribution in [2.75, 3.05) is 18.4 Å². The number of aliphatic hydroxyl groups is 1. The first-order valence-corrected chi connectivity index (χ1v) is 10.3. The van der Waals surface area contributed by atoms with Gasteiger partial charge in [-0.15, -0.1) is 0 Å². The van der Waals surface area contributed by atoms with Crippen molar-refractivity contribution in [3.63, 3.8) is 0 Å². The van der Waals surface area contributed by atoms with Gasteiger partial charge in [-0.2, -0.15) is 4.31 Å². The van der Waals surface area contributed by atoms with E-state index in [-0.39, 0.29) is 36.5 Å². The van der Waals surface area contributed by atoms with Crippen LogP contribution < -0.4 is 5.32 Å². The first-order valence-electron chi connectivity index (χ1n) is 8.53. The van der Waals surface area contributed by atoms with Gasteiger partial charge in [0.2, 0.25) is 10.0 Å². The van der Waals surface area contributed by atoms with Crippen molar-refractivity contribution < 1.29 is 31.5 Å². The summed E-state index contributed by atoms with van der Waals surface area (Å²) in [6.45, 7) is 0.186. The fourth-order valence-corrected chi connectivity index (χ4v) is 4.60. The molecule has 0 aromatic heterocycles. The molecule has 0 bridgehead atoms. The highest BCUT2D eigenvalue weighted by Crippen LogP contribution is 2.25. The second kappa shape index (κ2) is 8.31. The van der Waals surface area contributed by atoms with E-state index >= 15 is 0 Å². The lowest BCUT2D eigenvalue weighted by Gasteiger charge is -2.28. The topological polar surface area (TPSA) is 86.7 Å². The normalized spacial score (nSPS) is 16.0. The van der Waals surface area contributed by atoms with Gasteiger partial charge in [-0.3, -0.25) is 4.79 Å². The van der Waals surface area contributed by atoms with E-state index in [9.17, 15) is 31.5 Å². The average Bonchev–Trinajstić information content (AvgIpc) is 2.66. The van der Waals surface area contributed by atoms with Crippen molar-refractivity contribution >= 4 is 33.2 Å². The molecule has 11 heteroatoms. The van der Waals surface area contributed by atoms with Gasteiger partial charge in [0.15, 0.2) is 11.6 Å². The lowest BCUT2D eigenvalue weighted by Crippen LogP contribution is -2.40. The molecule has 156 valence electrons. The molecule has 2 N–H and O–H groups in total. The molecule has 0 spiro atoms. The Balaban J connectivity index is 1.88. The number of nitrogens with zero attached hydrogens (tertiary/aromatic N) is 1. The monoisotopic (exact) mass is 448 g/mol. The van der Waals surface area contributed by atoms with Gasteiger partial charge in [0.05, 0.1) is 21.6 Å². The number of carbonyl (C=O) groups excluding carboxylic acids is 1. The summed E-state index contributed by atoms with van der Waals surface area (Å²) < 4.78 is 67.5. The molecule has 1 aliphatic rings. The van der Waals surface area contributed by atoms with Crippen LogP contribution in [0, 0.1) is 17.5 Å². The van der Waals surface area contributed by atoms with E-state index in [4.69, 9.17) is 11.6 Å². The molecule has 6 nitrogen and oxygen atoms in total. The molecule has 0 atom stereocenters. The SMILES string of the molecule is O=C(Nc1cc(F)c(F)c(Cl)c1)c1cc(S(=O)(=O)N2CCC(O)CC2)ccc1F. The zero-order valence-corrected chi connectivity index (χ0v) is 16.4. The number of nitrogens with one attached hydrogen (secondary N) is 1. The van der Waals surface area contributed by atoms with Crippen molar-refractivity contribution in [1.29, 1.82) is 0 Å². The van der Waals surface area contributed by atoms with Crippen molar-refractivity contribution in [3.05, 3.63) is 58.4 Å². The summed E-state index contributed by atoms with van der Waals surface area (Å²) >= 11 is 5.52. The lowest BCUT2D eigenvalue weighted by molar-refractivity contribution is 0.102. The van der Waals surface area contributed by atoms with Crippen LogP contribution in [0.5, 0.6) is 0 Å². The Kier molecular flexibility index (Phi) is 6.18. The molecule has 2 aromatic carbocycles. The summed E-state index contributed by atoms with van der Waals surface area (Å²) in [6, 6.07) is 4.33. The second-order valence-corrected chi connectivity index (χ2v) is 8.83. The summed E-state index contributed by atoms with van der Waals surface area (Å²) in [6.07, 6.45) is -0.0473. The molecule has 1 heterocycles. The van der Waals surface area contributed by atoms with Gasteiger partial charge < -0.3 is 10.4 Å². The van der Waals surface area contributed by atoms with Gasteiger partial charge in [-0.1, -0.05) is 11.6 Å². The highest BCUT2D eigenvalue weighted by atomic mass is 35.5. The van der Waals surface area contributed by atoms with Crippen LogP contribution in [0.15, 0.2) is 35.2 Å². The number of carbonyl (C=O) groups is 1. The largest absolute Gasteiger partial charge is 0.393 e. The quantitative estimate of drug-likeness (QED) is 0.703. The van der Waals surface area contributed by atoms with Crippen LogP contribution in [0.4, 0.5) is 18.9 Å². The van der Waals surface area contributed by atoms with Gasteiger partial charge in [-0.25, -0.2) is 21.6 Å². The minimum atomic E-state index is -4.01. The van der Waals surface area contributed by atoms with Gasteiger partial charge in [-0.05, 0) is 37.1 Å². The Morgan fingerprint density at radius 2 is 1.76 bits per heavy atom. The summed E-state index contributed by atoms with van der Waals surface area (Å²) in [7, 11) is -4.01. The molecule has 1 amide bonds. The number of amides is 1. The highest BCUT2D eigenvalue weighted by molar-refractivity contribution is 7.89. The number of aliphatic hydroxyl groups excluding tert-OH is 1. The average molecular weight is 449 g/mol. The minimum Gasteiger partial charge on any atom is -0.393 e. The fourth-order valence-electron chi connectivity index (χ4n) is 2.90. The molecule has 0 aliphatic carbocycles. The molecule has 0 radical (unpaired) electrons. The number of sulfonamides is 1. The lowest BCUT2D eigenvalue weighted by atomic mass is 10.1. The number of halogens is 4. The van der Waals surface area contributed by atoms with Crippen LogP contribution in [-0.2, 0) is 10.0 Å². The fraction of sp³-hybridized carbons (Fsp3) is 0.278. The molecule has 3 rings (SSSR count). The highest BCUT2D eigenvalue weighted by Gasteiger charge is 2.30. The van der Waals surface area contributed by atoms with Crippen LogP contribution in [0.1, 0.15) is 23.2 Å². The Morgan fingerprint density at radius 3 is 2.38 bits per heavy atom. The zero-order chi connectivity index (χ0) is 21.3. The number of anilines is 1. The van der Waals surface area contributed by atoms with E-state index in [1.165, 1.54) is 0 Å². The predicted octanol–water partition coefficient (Wildman–Crippen LogP) is 3.16. The zero-order valence-electron chi connectivity index (χ0n) is 14.8. The van der Waals surface area contributed by atoms with Crippen molar-refractivity contribution in [2.45, 2.75) is 23.8 Å². The Bertz CT molecular complexity index is 1030. The molecular weight excluding hydrogens is 433 g/mol. The van der Waals surface area contributed by atoms with E-state index in [1.54, 1.807) is 0 Å². The van der Waals surface area contributed by atoms with E-state index < -0.39 is 50.1 Å². The Hall–Kier alpha value is -2.14. The number of hydrogen-bond donors (Lipinski definition) is 2. The molecule has 1 aliphatic heterocycles. The van der Waals surface area contributed by atoms with Crippen LogP contribution in [0.2, 0.25) is 5.02 Å². The first-order chi connectivity index (χ1) is 13.6. The third-order valence-corrected chi connectivity index (χ3v) is 6.66. The predicted molar refractivity (Wildman–Crippen MR) is 99.7 cm³/mol. The van der Waals surface area contributed by atoms with Gasteiger partial charge in [0.1, 0.15) is 5.82 Å². The number of benzene rings is 2. The second-order valence-electron chi connectivity index (χ2n) is 6.48. The first kappa shape index (κ1) is 21.6. The van der Waals surface area contributed by atoms with E-state index in [1.807, 2.05) is 0 Å². The van der Waals surface area contributed by atoms with Crippen LogP contribution in [-0.4, -0.2) is 42.9 Å². The maximum absolute atomic E-state index is 14.2. The van der Waals surface area contributed by atoms with Crippen LogP contribution in [0.25, 0.3) is 0 Å². The molecule has 0 saturated carbocycles. The standard InChI is InChI=1S/C18H16ClF3N2O4S/c19-14-7-10(8-16(21)17(14)22)23-18(26)13-9-12(1-2-15(13)20)29(27,28)24-5-3-11(25)4-6-24/h1-2,7-9,11,25H,3-6H2,(H,23,26). The molecule has 1 fully saturated rings. The molecule has 29 heavy (non-hydrogen) atoms. The third-order valence-electron chi connectivity index (χ3n) is 4.49. The Morgan fingerprint density at radius 1 is 1.10 bits per heavy atom. The van der Waals surface area contributed by atoms with Crippen molar-refractivity contribution in [1.82, 2.24) is 4.31 Å². The summed E-state index contributed by atoms with van der Waals surface area (Å²) in [4.78, 5) is 12.1. The van der Waals surface area contributed by atoms with Gasteiger partial charge in [0.25, 0.3) is 5.91 Å². The van der Waals surface area contributed by atoms with Crippen LogP contribution in [0.3, 0.4) is 0 Å². The summed E-state index contributed by atoms with van der Waals surface area (Å²) in [5.74, 6) is -4.66. The summed E-state index contributed by atoms with van der Waals surface area (Å²) in [5.41, 5.74) is -0.819. The molecule has 1 saturated heterocycles. The number of piperidine rings is 1.